The molecule has 0 bridgehead atoms. The quantitative estimate of drug-likeness (QED) is 0.677. The number of nitrogens with one attached hydrogen (secondary N) is 1. The molecule has 0 atom stereocenters. The first kappa shape index (κ1) is 12.3. The largest absolute Gasteiger partial charge is 0.379 e. The van der Waals surface area contributed by atoms with E-state index in [4.69, 9.17) is 0 Å². The van der Waals surface area contributed by atoms with Crippen LogP contribution in [0.15, 0.2) is 35.3 Å². The molecule has 0 aliphatic rings. The predicted molar refractivity (Wildman–Crippen MR) is 70.0 cm³/mol. The van der Waals surface area contributed by atoms with E-state index in [1.54, 1.807) is 25.4 Å². The smallest absolute Gasteiger partial charge is 0.324 e. The second kappa shape index (κ2) is 5.01. The van der Waals surface area contributed by atoms with Crippen LogP contribution < -0.4 is 10.9 Å². The number of hydrogen-bond donors (Lipinski definition) is 1. The Morgan fingerprint density at radius 1 is 1.39 bits per heavy atom. The number of hydrogen-bond acceptors (Lipinski definition) is 5. The van der Waals surface area contributed by atoms with Crippen LogP contribution in [0.2, 0.25) is 0 Å². The number of pyridine rings is 1. The molecule has 2 heterocycles. The Hall–Kier alpha value is -2.15. The van der Waals surface area contributed by atoms with Crippen molar-refractivity contribution in [1.29, 1.82) is 0 Å². The van der Waals surface area contributed by atoms with Crippen molar-refractivity contribution in [2.45, 2.75) is 6.54 Å². The zero-order valence-electron chi connectivity index (χ0n) is 9.62. The van der Waals surface area contributed by atoms with Crippen LogP contribution in [-0.4, -0.2) is 9.49 Å². The van der Waals surface area contributed by atoms with Gasteiger partial charge in [-0.2, -0.15) is 0 Å². The topological polar surface area (TPSA) is 77.2 Å². The molecule has 0 amide bonds. The summed E-state index contributed by atoms with van der Waals surface area (Å²) in [7, 11) is 1.67. The van der Waals surface area contributed by atoms with Gasteiger partial charge in [0, 0.05) is 36.8 Å². The van der Waals surface area contributed by atoms with Crippen molar-refractivity contribution < 1.29 is 4.92 Å². The van der Waals surface area contributed by atoms with Gasteiger partial charge >= 0.3 is 5.00 Å². The Morgan fingerprint density at radius 2 is 2.17 bits per heavy atom. The molecule has 18 heavy (non-hydrogen) atoms. The summed E-state index contributed by atoms with van der Waals surface area (Å²) in [5, 5.41) is 13.8. The van der Waals surface area contributed by atoms with Crippen LogP contribution in [0, 0.1) is 10.1 Å². The van der Waals surface area contributed by atoms with Crippen molar-refractivity contribution in [2.75, 3.05) is 5.32 Å². The Labute approximate surface area is 107 Å². The van der Waals surface area contributed by atoms with Gasteiger partial charge in [0.1, 0.15) is 0 Å². The summed E-state index contributed by atoms with van der Waals surface area (Å²) in [4.78, 5) is 22.2. The van der Waals surface area contributed by atoms with Crippen molar-refractivity contribution >= 4 is 22.0 Å². The number of nitrogens with zero attached hydrogens (tertiary/aromatic N) is 2. The highest BCUT2D eigenvalue weighted by Gasteiger charge is 2.09. The highest BCUT2D eigenvalue weighted by atomic mass is 32.1. The highest BCUT2D eigenvalue weighted by molar-refractivity contribution is 7.15. The number of rotatable bonds is 4. The maximum Gasteiger partial charge on any atom is 0.324 e. The SMILES string of the molecule is Cn1cc(NCc2ccc([N+](=O)[O-])s2)ccc1=O. The maximum absolute atomic E-state index is 11.2. The third-order valence-corrected chi connectivity index (χ3v) is 3.42. The van der Waals surface area contributed by atoms with Crippen LogP contribution in [0.5, 0.6) is 0 Å². The molecule has 0 spiro atoms. The fourth-order valence-electron chi connectivity index (χ4n) is 1.45. The van der Waals surface area contributed by atoms with E-state index in [9.17, 15) is 14.9 Å². The van der Waals surface area contributed by atoms with Crippen LogP contribution in [0.3, 0.4) is 0 Å². The Morgan fingerprint density at radius 3 is 2.78 bits per heavy atom. The van der Waals surface area contributed by atoms with Gasteiger partial charge in [-0.3, -0.25) is 14.9 Å². The predicted octanol–water partition coefficient (Wildman–Crippen LogP) is 1.97. The zero-order chi connectivity index (χ0) is 13.1. The second-order valence-electron chi connectivity index (χ2n) is 3.72. The minimum Gasteiger partial charge on any atom is -0.379 e. The van der Waals surface area contributed by atoms with Crippen LogP contribution >= 0.6 is 11.3 Å². The summed E-state index contributed by atoms with van der Waals surface area (Å²) in [6.07, 6.45) is 1.68. The minimum atomic E-state index is -0.402. The van der Waals surface area contributed by atoms with Crippen molar-refractivity contribution in [3.63, 3.8) is 0 Å². The Kier molecular flexibility index (Phi) is 3.42. The van der Waals surface area contributed by atoms with Crippen LogP contribution in [-0.2, 0) is 13.6 Å². The first-order chi connectivity index (χ1) is 8.56. The first-order valence-corrected chi connectivity index (χ1v) is 6.01. The monoisotopic (exact) mass is 265 g/mol. The average Bonchev–Trinajstić information content (AvgIpc) is 2.79. The molecule has 2 aromatic rings. The van der Waals surface area contributed by atoms with Crippen molar-refractivity contribution in [3.05, 3.63) is 55.8 Å². The molecule has 0 saturated heterocycles. The lowest BCUT2D eigenvalue weighted by molar-refractivity contribution is -0.380. The summed E-state index contributed by atoms with van der Waals surface area (Å²) < 4.78 is 1.47. The summed E-state index contributed by atoms with van der Waals surface area (Å²) in [6.45, 7) is 0.497. The lowest BCUT2D eigenvalue weighted by Gasteiger charge is -2.05. The molecule has 6 nitrogen and oxygen atoms in total. The average molecular weight is 265 g/mol. The van der Waals surface area contributed by atoms with Gasteiger partial charge in [0.25, 0.3) is 0 Å². The number of aromatic nitrogens is 1. The van der Waals surface area contributed by atoms with E-state index >= 15 is 0 Å². The van der Waals surface area contributed by atoms with Gasteiger partial charge < -0.3 is 9.88 Å². The number of thiophene rings is 1. The van der Waals surface area contributed by atoms with E-state index in [0.29, 0.717) is 6.54 Å². The fourth-order valence-corrected chi connectivity index (χ4v) is 2.21. The molecule has 2 aromatic heterocycles. The first-order valence-electron chi connectivity index (χ1n) is 5.20. The molecule has 0 radical (unpaired) electrons. The molecular weight excluding hydrogens is 254 g/mol. The van der Waals surface area contributed by atoms with Crippen LogP contribution in [0.25, 0.3) is 0 Å². The van der Waals surface area contributed by atoms with Crippen LogP contribution in [0.1, 0.15) is 4.88 Å². The van der Waals surface area contributed by atoms with Gasteiger partial charge in [0.2, 0.25) is 5.56 Å². The summed E-state index contributed by atoms with van der Waals surface area (Å²) in [5.41, 5.74) is 0.723. The van der Waals surface area contributed by atoms with Crippen molar-refractivity contribution in [2.24, 2.45) is 7.05 Å². The maximum atomic E-state index is 11.2. The fraction of sp³-hybridized carbons (Fsp3) is 0.182. The lowest BCUT2D eigenvalue weighted by Crippen LogP contribution is -2.15. The summed E-state index contributed by atoms with van der Waals surface area (Å²) in [6, 6.07) is 6.36. The molecule has 7 heteroatoms. The third kappa shape index (κ3) is 2.75. The summed E-state index contributed by atoms with van der Waals surface area (Å²) >= 11 is 1.14. The Bertz CT molecular complexity index is 632. The van der Waals surface area contributed by atoms with E-state index < -0.39 is 4.92 Å². The van der Waals surface area contributed by atoms with E-state index in [0.717, 1.165) is 21.9 Å². The second-order valence-corrected chi connectivity index (χ2v) is 4.86. The van der Waals surface area contributed by atoms with Crippen LogP contribution in [0.4, 0.5) is 10.7 Å². The molecule has 0 aromatic carbocycles. The number of anilines is 1. The third-order valence-electron chi connectivity index (χ3n) is 2.38. The molecule has 1 N–H and O–H groups in total. The van der Waals surface area contributed by atoms with Crippen molar-refractivity contribution in [1.82, 2.24) is 4.57 Å². The summed E-state index contributed by atoms with van der Waals surface area (Å²) in [5.74, 6) is 0. The standard InChI is InChI=1S/C11H11N3O3S/c1-13-7-8(2-4-10(13)15)12-6-9-3-5-11(18-9)14(16)17/h2-5,7,12H,6H2,1H3. The molecule has 94 valence electrons. The van der Waals surface area contributed by atoms with Gasteiger partial charge in [0.15, 0.2) is 0 Å². The van der Waals surface area contributed by atoms with E-state index in [2.05, 4.69) is 5.32 Å². The van der Waals surface area contributed by atoms with Gasteiger partial charge in [-0.1, -0.05) is 11.3 Å². The van der Waals surface area contributed by atoms with E-state index in [1.165, 1.54) is 16.7 Å². The van der Waals surface area contributed by atoms with Gasteiger partial charge in [-0.05, 0) is 12.1 Å². The normalized spacial score (nSPS) is 10.3. The lowest BCUT2D eigenvalue weighted by atomic mass is 10.4. The molecule has 2 rings (SSSR count). The Balaban J connectivity index is 2.04. The molecule has 0 aliphatic heterocycles. The van der Waals surface area contributed by atoms with Gasteiger partial charge in [0.05, 0.1) is 10.6 Å². The highest BCUT2D eigenvalue weighted by Crippen LogP contribution is 2.24. The number of aryl methyl sites for hydroxylation is 1. The molecule has 0 unspecified atom stereocenters. The van der Waals surface area contributed by atoms with E-state index in [1.807, 2.05) is 0 Å². The van der Waals surface area contributed by atoms with Gasteiger partial charge in [-0.15, -0.1) is 0 Å². The van der Waals surface area contributed by atoms with Gasteiger partial charge in [-0.25, -0.2) is 0 Å². The van der Waals surface area contributed by atoms with Crippen molar-refractivity contribution in [3.8, 4) is 0 Å². The zero-order valence-corrected chi connectivity index (χ0v) is 10.4. The molecule has 0 aliphatic carbocycles. The van der Waals surface area contributed by atoms with E-state index in [-0.39, 0.29) is 10.6 Å². The molecular formula is C11H11N3O3S. The number of nitro groups is 1. The molecule has 0 fully saturated rings. The molecule has 0 saturated carbocycles. The minimum absolute atomic E-state index is 0.0766.